The van der Waals surface area contributed by atoms with E-state index in [1.54, 1.807) is 19.5 Å². The van der Waals surface area contributed by atoms with Gasteiger partial charge in [-0.25, -0.2) is 0 Å². The number of carbonyl (C=O) groups is 2. The molecular weight excluding hydrogens is 454 g/mol. The number of nitrogens with zero attached hydrogens (tertiary/aromatic N) is 1. The van der Waals surface area contributed by atoms with Crippen molar-refractivity contribution in [3.63, 3.8) is 0 Å². The van der Waals surface area contributed by atoms with Crippen LogP contribution in [-0.2, 0) is 17.9 Å². The van der Waals surface area contributed by atoms with E-state index >= 15 is 0 Å². The fraction of sp³-hybridized carbons (Fsp3) is 0.207. The summed E-state index contributed by atoms with van der Waals surface area (Å²) >= 11 is 0. The molecule has 0 radical (unpaired) electrons. The number of methoxy groups -OCH3 is 1. The van der Waals surface area contributed by atoms with Crippen molar-refractivity contribution in [3.8, 4) is 11.5 Å². The maximum Gasteiger partial charge on any atom is 0.253 e. The second-order valence-electron chi connectivity index (χ2n) is 8.82. The lowest BCUT2D eigenvalue weighted by Crippen LogP contribution is -2.25. The molecule has 1 aliphatic carbocycles. The number of fused-ring (bicyclic) bond motifs is 1. The highest BCUT2D eigenvalue weighted by molar-refractivity contribution is 6.08. The van der Waals surface area contributed by atoms with Crippen LogP contribution in [0, 0.1) is 5.92 Å². The Bertz CT molecular complexity index is 1400. The summed E-state index contributed by atoms with van der Waals surface area (Å²) in [6, 6.07) is 20.8. The zero-order valence-corrected chi connectivity index (χ0v) is 20.0. The average Bonchev–Trinajstić information content (AvgIpc) is 3.77. The molecular formula is C29H27N3O4. The van der Waals surface area contributed by atoms with E-state index in [-0.39, 0.29) is 17.7 Å². The Kier molecular flexibility index (Phi) is 6.80. The Morgan fingerprint density at radius 3 is 2.39 bits per heavy atom. The largest absolute Gasteiger partial charge is 0.493 e. The Morgan fingerprint density at radius 1 is 0.917 bits per heavy atom. The lowest BCUT2D eigenvalue weighted by molar-refractivity contribution is -0.117. The molecule has 1 fully saturated rings. The molecule has 0 atom stereocenters. The normalized spacial score (nSPS) is 12.7. The first kappa shape index (κ1) is 23.4. The molecule has 0 spiro atoms. The molecule has 2 N–H and O–H groups in total. The minimum atomic E-state index is -0.260. The van der Waals surface area contributed by atoms with Crippen LogP contribution in [0.2, 0.25) is 0 Å². The van der Waals surface area contributed by atoms with Gasteiger partial charge in [0, 0.05) is 24.9 Å². The highest BCUT2D eigenvalue weighted by Gasteiger charge is 2.30. The van der Waals surface area contributed by atoms with E-state index in [0.717, 1.165) is 34.7 Å². The van der Waals surface area contributed by atoms with E-state index in [9.17, 15) is 9.59 Å². The Balaban J connectivity index is 1.30. The minimum Gasteiger partial charge on any atom is -0.493 e. The molecule has 1 saturated carbocycles. The van der Waals surface area contributed by atoms with Gasteiger partial charge in [-0.1, -0.05) is 30.3 Å². The van der Waals surface area contributed by atoms with Crippen molar-refractivity contribution in [3.05, 3.63) is 95.8 Å². The van der Waals surface area contributed by atoms with Crippen LogP contribution >= 0.6 is 0 Å². The van der Waals surface area contributed by atoms with E-state index in [0.29, 0.717) is 35.9 Å². The van der Waals surface area contributed by atoms with Crippen LogP contribution in [0.15, 0.2) is 79.1 Å². The zero-order valence-electron chi connectivity index (χ0n) is 20.0. The summed E-state index contributed by atoms with van der Waals surface area (Å²) in [5.74, 6) is 0.942. The van der Waals surface area contributed by atoms with Gasteiger partial charge in [0.15, 0.2) is 11.5 Å². The summed E-state index contributed by atoms with van der Waals surface area (Å²) in [5, 5.41) is 7.83. The summed E-state index contributed by atoms with van der Waals surface area (Å²) in [4.78, 5) is 29.7. The molecule has 1 aromatic heterocycles. The van der Waals surface area contributed by atoms with Crippen molar-refractivity contribution in [2.24, 2.45) is 5.92 Å². The molecule has 7 heteroatoms. The highest BCUT2D eigenvalue weighted by atomic mass is 16.5. The second-order valence-corrected chi connectivity index (χ2v) is 8.82. The van der Waals surface area contributed by atoms with Crippen LogP contribution in [-0.4, -0.2) is 23.9 Å². The van der Waals surface area contributed by atoms with Crippen molar-refractivity contribution in [2.45, 2.75) is 26.0 Å². The molecule has 0 unspecified atom stereocenters. The second kappa shape index (κ2) is 10.5. The van der Waals surface area contributed by atoms with E-state index in [1.807, 2.05) is 66.7 Å². The summed E-state index contributed by atoms with van der Waals surface area (Å²) in [7, 11) is 1.58. The number of carbonyl (C=O) groups excluding carboxylic acids is 2. The number of aromatic nitrogens is 1. The van der Waals surface area contributed by atoms with Crippen LogP contribution in [0.3, 0.4) is 0 Å². The van der Waals surface area contributed by atoms with Crippen LogP contribution in [0.5, 0.6) is 11.5 Å². The summed E-state index contributed by atoms with van der Waals surface area (Å²) in [6.07, 6.45) is 5.23. The molecule has 4 aromatic rings. The van der Waals surface area contributed by atoms with Gasteiger partial charge < -0.3 is 20.1 Å². The third kappa shape index (κ3) is 5.46. The number of amides is 2. The number of pyridine rings is 1. The van der Waals surface area contributed by atoms with Crippen molar-refractivity contribution >= 4 is 28.3 Å². The first-order chi connectivity index (χ1) is 17.6. The smallest absolute Gasteiger partial charge is 0.253 e. The molecule has 1 heterocycles. The number of nitrogens with one attached hydrogen (secondary N) is 2. The minimum absolute atomic E-state index is 0.0357. The lowest BCUT2D eigenvalue weighted by Gasteiger charge is -2.15. The van der Waals surface area contributed by atoms with E-state index < -0.39 is 0 Å². The van der Waals surface area contributed by atoms with Crippen LogP contribution in [0.25, 0.3) is 10.8 Å². The molecule has 7 nitrogen and oxygen atoms in total. The van der Waals surface area contributed by atoms with Crippen LogP contribution < -0.4 is 20.1 Å². The van der Waals surface area contributed by atoms with Crippen molar-refractivity contribution in [2.75, 3.05) is 12.4 Å². The first-order valence-corrected chi connectivity index (χ1v) is 11.9. The maximum absolute atomic E-state index is 13.2. The van der Waals surface area contributed by atoms with Gasteiger partial charge in [-0.05, 0) is 71.1 Å². The Hall–Kier alpha value is -4.39. The van der Waals surface area contributed by atoms with E-state index in [4.69, 9.17) is 9.47 Å². The van der Waals surface area contributed by atoms with Crippen molar-refractivity contribution in [1.82, 2.24) is 10.3 Å². The predicted molar refractivity (Wildman–Crippen MR) is 138 cm³/mol. The molecule has 1 aliphatic rings. The summed E-state index contributed by atoms with van der Waals surface area (Å²) in [6.45, 7) is 0.689. The average molecular weight is 482 g/mol. The van der Waals surface area contributed by atoms with Gasteiger partial charge in [0.25, 0.3) is 5.91 Å². The standard InChI is InChI=1S/C29H27N3O4/c1-35-27-14-20(6-9-26(27)36-18-19-10-12-30-13-11-19)17-31-29(34)24-15-22-4-2-3-5-23(22)16-25(24)32-28(33)21-7-8-21/h2-6,9-16,21H,7-8,17-18H2,1H3,(H,31,34)(H,32,33). The topological polar surface area (TPSA) is 89.6 Å². The molecule has 0 aliphatic heterocycles. The van der Waals surface area contributed by atoms with E-state index in [2.05, 4.69) is 15.6 Å². The summed E-state index contributed by atoms with van der Waals surface area (Å²) < 4.78 is 11.4. The quantitative estimate of drug-likeness (QED) is 0.347. The molecule has 0 bridgehead atoms. The summed E-state index contributed by atoms with van der Waals surface area (Å²) in [5.41, 5.74) is 2.83. The molecule has 3 aromatic carbocycles. The van der Waals surface area contributed by atoms with Crippen molar-refractivity contribution < 1.29 is 19.1 Å². The zero-order chi connectivity index (χ0) is 24.9. The van der Waals surface area contributed by atoms with E-state index in [1.165, 1.54) is 0 Å². The SMILES string of the molecule is COc1cc(CNC(=O)c2cc3ccccc3cc2NC(=O)C2CC2)ccc1OCc1ccncc1. The third-order valence-corrected chi connectivity index (χ3v) is 6.16. The molecule has 0 saturated heterocycles. The number of benzene rings is 3. The molecule has 5 rings (SSSR count). The van der Waals surface area contributed by atoms with Crippen molar-refractivity contribution in [1.29, 1.82) is 0 Å². The first-order valence-electron chi connectivity index (χ1n) is 11.9. The fourth-order valence-electron chi connectivity index (χ4n) is 3.97. The number of ether oxygens (including phenoxy) is 2. The third-order valence-electron chi connectivity index (χ3n) is 6.16. The van der Waals surface area contributed by atoms with Gasteiger partial charge >= 0.3 is 0 Å². The monoisotopic (exact) mass is 481 g/mol. The van der Waals surface area contributed by atoms with Gasteiger partial charge in [-0.3, -0.25) is 14.6 Å². The number of anilines is 1. The number of hydrogen-bond donors (Lipinski definition) is 2. The Morgan fingerprint density at radius 2 is 1.67 bits per heavy atom. The van der Waals surface area contributed by atoms with Gasteiger partial charge in [0.05, 0.1) is 18.4 Å². The molecule has 36 heavy (non-hydrogen) atoms. The van der Waals surface area contributed by atoms with Crippen LogP contribution in [0.4, 0.5) is 5.69 Å². The number of hydrogen-bond acceptors (Lipinski definition) is 5. The molecule has 182 valence electrons. The predicted octanol–water partition coefficient (Wildman–Crippen LogP) is 5.10. The maximum atomic E-state index is 13.2. The van der Waals surface area contributed by atoms with Gasteiger partial charge in [0.2, 0.25) is 5.91 Å². The van der Waals surface area contributed by atoms with Crippen LogP contribution in [0.1, 0.15) is 34.3 Å². The van der Waals surface area contributed by atoms with Gasteiger partial charge in [-0.15, -0.1) is 0 Å². The highest BCUT2D eigenvalue weighted by Crippen LogP contribution is 2.32. The van der Waals surface area contributed by atoms with Gasteiger partial charge in [0.1, 0.15) is 6.61 Å². The van der Waals surface area contributed by atoms with Gasteiger partial charge in [-0.2, -0.15) is 0 Å². The molecule has 2 amide bonds. The Labute approximate surface area is 209 Å². The fourth-order valence-corrected chi connectivity index (χ4v) is 3.97. The number of rotatable bonds is 9. The lowest BCUT2D eigenvalue weighted by atomic mass is 10.0.